The van der Waals surface area contributed by atoms with Gasteiger partial charge in [-0.15, -0.1) is 0 Å². The minimum absolute atomic E-state index is 0.108. The molecule has 1 amide bonds. The Morgan fingerprint density at radius 1 is 1.17 bits per heavy atom. The molecule has 0 radical (unpaired) electrons. The number of benzene rings is 1. The van der Waals surface area contributed by atoms with E-state index >= 15 is 0 Å². The van der Waals surface area contributed by atoms with Gasteiger partial charge in [-0.2, -0.15) is 5.10 Å². The zero-order valence-corrected chi connectivity index (χ0v) is 13.3. The smallest absolute Gasteiger partial charge is 0.229 e. The molecule has 6 heteroatoms. The van der Waals surface area contributed by atoms with Crippen LogP contribution >= 0.6 is 0 Å². The van der Waals surface area contributed by atoms with Crippen LogP contribution in [0.2, 0.25) is 0 Å². The molecule has 0 fully saturated rings. The van der Waals surface area contributed by atoms with Crippen LogP contribution in [0.25, 0.3) is 0 Å². The number of pyridine rings is 1. The molecule has 122 valence electrons. The fraction of sp³-hybridized carbons (Fsp3) is 0.167. The molecule has 0 atom stereocenters. The Kier molecular flexibility index (Phi) is 4.86. The van der Waals surface area contributed by atoms with Gasteiger partial charge in [-0.1, -0.05) is 18.2 Å². The number of rotatable bonds is 6. The van der Waals surface area contributed by atoms with Crippen molar-refractivity contribution in [3.63, 3.8) is 0 Å². The summed E-state index contributed by atoms with van der Waals surface area (Å²) in [5, 5.41) is 7.14. The molecule has 3 rings (SSSR count). The van der Waals surface area contributed by atoms with E-state index in [0.29, 0.717) is 12.4 Å². The Hall–Kier alpha value is -3.15. The third kappa shape index (κ3) is 4.19. The molecule has 6 nitrogen and oxygen atoms in total. The van der Waals surface area contributed by atoms with Crippen LogP contribution in [-0.4, -0.2) is 27.8 Å². The number of nitrogens with one attached hydrogen (secondary N) is 1. The summed E-state index contributed by atoms with van der Waals surface area (Å²) in [6, 6.07) is 14.9. The van der Waals surface area contributed by atoms with Crippen LogP contribution in [0, 0.1) is 0 Å². The van der Waals surface area contributed by atoms with E-state index in [1.165, 1.54) is 0 Å². The molecule has 0 saturated carbocycles. The molecule has 0 unspecified atom stereocenters. The molecule has 0 aliphatic heterocycles. The van der Waals surface area contributed by atoms with Crippen molar-refractivity contribution >= 4 is 11.7 Å². The number of amides is 1. The Bertz CT molecular complexity index is 797. The topological polar surface area (TPSA) is 69.0 Å². The van der Waals surface area contributed by atoms with E-state index in [1.807, 2.05) is 48.7 Å². The summed E-state index contributed by atoms with van der Waals surface area (Å²) < 4.78 is 6.84. The van der Waals surface area contributed by atoms with Crippen LogP contribution in [0.3, 0.4) is 0 Å². The number of hydrogen-bond donors (Lipinski definition) is 1. The van der Waals surface area contributed by atoms with Gasteiger partial charge in [-0.25, -0.2) is 0 Å². The number of aromatic nitrogens is 3. The third-order valence-electron chi connectivity index (χ3n) is 3.48. The summed E-state index contributed by atoms with van der Waals surface area (Å²) in [6.45, 7) is 0.565. The first kappa shape index (κ1) is 15.7. The lowest BCUT2D eigenvalue weighted by atomic mass is 10.1. The lowest BCUT2D eigenvalue weighted by Gasteiger charge is -2.04. The molecule has 2 heterocycles. The Morgan fingerprint density at radius 3 is 2.71 bits per heavy atom. The number of methoxy groups -OCH3 is 1. The van der Waals surface area contributed by atoms with Crippen molar-refractivity contribution in [2.75, 3.05) is 12.4 Å². The van der Waals surface area contributed by atoms with Crippen LogP contribution < -0.4 is 10.1 Å². The number of ether oxygens (including phenoxy) is 1. The van der Waals surface area contributed by atoms with E-state index in [2.05, 4.69) is 15.4 Å². The van der Waals surface area contributed by atoms with E-state index < -0.39 is 0 Å². The van der Waals surface area contributed by atoms with Gasteiger partial charge in [0.25, 0.3) is 0 Å². The van der Waals surface area contributed by atoms with E-state index in [9.17, 15) is 4.79 Å². The molecular formula is C18H18N4O2. The highest BCUT2D eigenvalue weighted by Crippen LogP contribution is 2.12. The fourth-order valence-electron chi connectivity index (χ4n) is 2.29. The summed E-state index contributed by atoms with van der Waals surface area (Å²) in [5.41, 5.74) is 1.83. The van der Waals surface area contributed by atoms with Gasteiger partial charge in [0, 0.05) is 18.5 Å². The summed E-state index contributed by atoms with van der Waals surface area (Å²) in [6.07, 6.45) is 3.85. The van der Waals surface area contributed by atoms with Crippen LogP contribution in [0.15, 0.2) is 60.9 Å². The second-order valence-corrected chi connectivity index (χ2v) is 5.29. The minimum atomic E-state index is -0.108. The average Bonchev–Trinajstić information content (AvgIpc) is 3.03. The zero-order chi connectivity index (χ0) is 16.8. The maximum atomic E-state index is 12.1. The second kappa shape index (κ2) is 7.41. The first-order valence-electron chi connectivity index (χ1n) is 7.59. The van der Waals surface area contributed by atoms with Crippen molar-refractivity contribution in [3.8, 4) is 5.75 Å². The van der Waals surface area contributed by atoms with Crippen molar-refractivity contribution < 1.29 is 9.53 Å². The molecule has 3 aromatic rings. The average molecular weight is 322 g/mol. The maximum Gasteiger partial charge on any atom is 0.229 e. The van der Waals surface area contributed by atoms with Gasteiger partial charge < -0.3 is 10.1 Å². The van der Waals surface area contributed by atoms with E-state index in [-0.39, 0.29) is 12.3 Å². The van der Waals surface area contributed by atoms with Crippen LogP contribution in [-0.2, 0) is 17.8 Å². The van der Waals surface area contributed by atoms with Crippen molar-refractivity contribution in [2.24, 2.45) is 0 Å². The molecule has 0 aliphatic carbocycles. The monoisotopic (exact) mass is 322 g/mol. The number of nitrogens with zero attached hydrogens (tertiary/aromatic N) is 3. The lowest BCUT2D eigenvalue weighted by Crippen LogP contribution is -2.15. The molecule has 24 heavy (non-hydrogen) atoms. The number of anilines is 1. The summed E-state index contributed by atoms with van der Waals surface area (Å²) >= 11 is 0. The summed E-state index contributed by atoms with van der Waals surface area (Å²) in [7, 11) is 1.61. The molecule has 0 aliphatic rings. The zero-order valence-electron chi connectivity index (χ0n) is 13.3. The molecule has 0 saturated heterocycles. The van der Waals surface area contributed by atoms with E-state index in [1.54, 1.807) is 24.1 Å². The van der Waals surface area contributed by atoms with E-state index in [0.717, 1.165) is 17.0 Å². The van der Waals surface area contributed by atoms with Gasteiger partial charge in [0.05, 0.1) is 25.8 Å². The number of carbonyl (C=O) groups is 1. The third-order valence-corrected chi connectivity index (χ3v) is 3.48. The van der Waals surface area contributed by atoms with Gasteiger partial charge in [0.15, 0.2) is 5.82 Å². The minimum Gasteiger partial charge on any atom is -0.497 e. The molecule has 0 bridgehead atoms. The van der Waals surface area contributed by atoms with Crippen LogP contribution in [0.1, 0.15) is 11.3 Å². The molecule has 2 aromatic heterocycles. The highest BCUT2D eigenvalue weighted by atomic mass is 16.5. The normalized spacial score (nSPS) is 10.4. The predicted molar refractivity (Wildman–Crippen MR) is 90.9 cm³/mol. The highest BCUT2D eigenvalue weighted by Gasteiger charge is 2.07. The van der Waals surface area contributed by atoms with Gasteiger partial charge in [-0.3, -0.25) is 14.5 Å². The first-order valence-corrected chi connectivity index (χ1v) is 7.59. The van der Waals surface area contributed by atoms with Crippen LogP contribution in [0.4, 0.5) is 5.82 Å². The Balaban J connectivity index is 1.56. The molecule has 1 aromatic carbocycles. The molecular weight excluding hydrogens is 304 g/mol. The van der Waals surface area contributed by atoms with Crippen molar-refractivity contribution in [1.29, 1.82) is 0 Å². The molecule has 1 N–H and O–H groups in total. The Morgan fingerprint density at radius 2 is 2.00 bits per heavy atom. The molecule has 0 spiro atoms. The predicted octanol–water partition coefficient (Wildman–Crippen LogP) is 2.52. The van der Waals surface area contributed by atoms with Crippen molar-refractivity contribution in [3.05, 3.63) is 72.2 Å². The van der Waals surface area contributed by atoms with Crippen molar-refractivity contribution in [1.82, 2.24) is 14.8 Å². The van der Waals surface area contributed by atoms with Gasteiger partial charge in [0.1, 0.15) is 5.75 Å². The van der Waals surface area contributed by atoms with Crippen LogP contribution in [0.5, 0.6) is 5.75 Å². The standard InChI is InChI=1S/C18H18N4O2/c1-24-16-7-5-14(6-8-16)12-18(23)20-17-9-11-22(21-17)13-15-4-2-3-10-19-15/h2-11H,12-13H2,1H3,(H,20,21,23). The maximum absolute atomic E-state index is 12.1. The number of carbonyl (C=O) groups excluding carboxylic acids is 1. The summed E-state index contributed by atoms with van der Waals surface area (Å²) in [4.78, 5) is 16.4. The second-order valence-electron chi connectivity index (χ2n) is 5.29. The van der Waals surface area contributed by atoms with Gasteiger partial charge >= 0.3 is 0 Å². The SMILES string of the molecule is COc1ccc(CC(=O)Nc2ccn(Cc3ccccn3)n2)cc1. The summed E-state index contributed by atoms with van der Waals surface area (Å²) in [5.74, 6) is 1.19. The largest absolute Gasteiger partial charge is 0.497 e. The van der Waals surface area contributed by atoms with Gasteiger partial charge in [0.2, 0.25) is 5.91 Å². The number of hydrogen-bond acceptors (Lipinski definition) is 4. The lowest BCUT2D eigenvalue weighted by molar-refractivity contribution is -0.115. The van der Waals surface area contributed by atoms with Gasteiger partial charge in [-0.05, 0) is 29.8 Å². The first-order chi connectivity index (χ1) is 11.7. The van der Waals surface area contributed by atoms with E-state index in [4.69, 9.17) is 4.74 Å². The Labute approximate surface area is 140 Å². The highest BCUT2D eigenvalue weighted by molar-refractivity contribution is 5.91. The quantitative estimate of drug-likeness (QED) is 0.757. The van der Waals surface area contributed by atoms with Crippen molar-refractivity contribution in [2.45, 2.75) is 13.0 Å². The fourth-order valence-corrected chi connectivity index (χ4v) is 2.29.